The van der Waals surface area contributed by atoms with Gasteiger partial charge in [0.2, 0.25) is 11.1 Å². The molecular formula is C19H22N4O2S. The summed E-state index contributed by atoms with van der Waals surface area (Å²) < 4.78 is 1.62. The third-order valence-electron chi connectivity index (χ3n) is 4.30. The molecule has 0 spiro atoms. The van der Waals surface area contributed by atoms with Crippen molar-refractivity contribution in [1.82, 2.24) is 14.9 Å². The molecule has 3 rings (SSSR count). The van der Waals surface area contributed by atoms with Crippen molar-refractivity contribution in [2.75, 3.05) is 5.01 Å². The van der Waals surface area contributed by atoms with Crippen LogP contribution in [0.1, 0.15) is 57.6 Å². The van der Waals surface area contributed by atoms with Crippen molar-refractivity contribution in [3.63, 3.8) is 0 Å². The number of carbonyl (C=O) groups excluding carboxylic acids is 2. The summed E-state index contributed by atoms with van der Waals surface area (Å²) in [4.78, 5) is 25.9. The van der Waals surface area contributed by atoms with E-state index in [1.165, 1.54) is 28.7 Å². The number of thioether (sulfide) groups is 1. The van der Waals surface area contributed by atoms with Gasteiger partial charge in [-0.15, -0.1) is 10.2 Å². The molecule has 136 valence electrons. The predicted molar refractivity (Wildman–Crippen MR) is 102 cm³/mol. The summed E-state index contributed by atoms with van der Waals surface area (Å²) in [6, 6.07) is 8.03. The van der Waals surface area contributed by atoms with Gasteiger partial charge in [0.25, 0.3) is 0 Å². The topological polar surface area (TPSA) is 68.1 Å². The third kappa shape index (κ3) is 3.19. The van der Waals surface area contributed by atoms with E-state index in [1.54, 1.807) is 11.6 Å². The summed E-state index contributed by atoms with van der Waals surface area (Å²) in [6.07, 6.45) is 2.17. The lowest BCUT2D eigenvalue weighted by Gasteiger charge is -2.32. The number of aromatic nitrogens is 3. The number of hydrogen-bond donors (Lipinski definition) is 0. The minimum atomic E-state index is -0.115. The minimum Gasteiger partial charge on any atom is -0.294 e. The zero-order chi connectivity index (χ0) is 18.8. The van der Waals surface area contributed by atoms with Crippen molar-refractivity contribution >= 4 is 29.1 Å². The fraction of sp³-hybridized carbons (Fsp3) is 0.368. The van der Waals surface area contributed by atoms with E-state index in [0.717, 1.165) is 5.56 Å². The number of fused-ring (bicyclic) bond motifs is 1. The molecule has 0 fully saturated rings. The van der Waals surface area contributed by atoms with Crippen LogP contribution < -0.4 is 5.01 Å². The fourth-order valence-corrected chi connectivity index (χ4v) is 3.84. The molecule has 7 heteroatoms. The summed E-state index contributed by atoms with van der Waals surface area (Å²) in [5, 5.41) is 10.0. The number of benzene rings is 1. The Balaban J connectivity index is 2.20. The van der Waals surface area contributed by atoms with Crippen LogP contribution in [0.25, 0.3) is 5.70 Å². The van der Waals surface area contributed by atoms with E-state index in [0.29, 0.717) is 34.5 Å². The van der Waals surface area contributed by atoms with E-state index < -0.39 is 0 Å². The van der Waals surface area contributed by atoms with Gasteiger partial charge in [-0.3, -0.25) is 9.59 Å². The van der Waals surface area contributed by atoms with Crippen molar-refractivity contribution in [3.8, 4) is 0 Å². The van der Waals surface area contributed by atoms with Crippen molar-refractivity contribution in [2.45, 2.75) is 51.6 Å². The molecule has 0 radical (unpaired) electrons. The summed E-state index contributed by atoms with van der Waals surface area (Å²) in [5.74, 6) is 0.283. The van der Waals surface area contributed by atoms with E-state index in [4.69, 9.17) is 0 Å². The monoisotopic (exact) mass is 370 g/mol. The van der Waals surface area contributed by atoms with E-state index in [1.807, 2.05) is 31.2 Å². The predicted octanol–water partition coefficient (Wildman–Crippen LogP) is 3.73. The molecule has 0 saturated carbocycles. The molecule has 0 unspecified atom stereocenters. The molecule has 6 nitrogen and oxygen atoms in total. The number of ketones is 1. The first-order valence-corrected chi connectivity index (χ1v) is 9.58. The van der Waals surface area contributed by atoms with Crippen LogP contribution in [-0.4, -0.2) is 26.6 Å². The van der Waals surface area contributed by atoms with Gasteiger partial charge in [0.05, 0.1) is 10.6 Å². The van der Waals surface area contributed by atoms with Crippen LogP contribution in [0.15, 0.2) is 40.7 Å². The molecule has 2 heterocycles. The van der Waals surface area contributed by atoms with Gasteiger partial charge in [-0.25, -0.2) is 9.69 Å². The number of rotatable bonds is 5. The zero-order valence-corrected chi connectivity index (χ0v) is 16.2. The second-order valence-corrected chi connectivity index (χ2v) is 7.33. The lowest BCUT2D eigenvalue weighted by molar-refractivity contribution is -0.119. The van der Waals surface area contributed by atoms with Gasteiger partial charge in [-0.1, -0.05) is 52.0 Å². The highest BCUT2D eigenvalue weighted by molar-refractivity contribution is 8.04. The second kappa shape index (κ2) is 7.45. The average Bonchev–Trinajstić information content (AvgIpc) is 3.13. The van der Waals surface area contributed by atoms with Crippen LogP contribution in [0, 0.1) is 0 Å². The number of hydrogen-bond acceptors (Lipinski definition) is 5. The Hall–Kier alpha value is -2.41. The molecule has 1 aliphatic rings. The molecule has 0 atom stereocenters. The maximum absolute atomic E-state index is 12.7. The first-order chi connectivity index (χ1) is 12.5. The summed E-state index contributed by atoms with van der Waals surface area (Å²) in [5.41, 5.74) is 2.65. The van der Waals surface area contributed by atoms with Crippen LogP contribution in [0.4, 0.5) is 0 Å². The Morgan fingerprint density at radius 2 is 1.81 bits per heavy atom. The summed E-state index contributed by atoms with van der Waals surface area (Å²) in [7, 11) is 0. The van der Waals surface area contributed by atoms with Crippen molar-refractivity contribution < 1.29 is 9.59 Å². The van der Waals surface area contributed by atoms with Gasteiger partial charge in [0.1, 0.15) is 6.33 Å². The quantitative estimate of drug-likeness (QED) is 0.802. The Kier molecular flexibility index (Phi) is 5.27. The van der Waals surface area contributed by atoms with Gasteiger partial charge in [0, 0.05) is 18.4 Å². The Morgan fingerprint density at radius 3 is 2.38 bits per heavy atom. The minimum absolute atomic E-state index is 0.0129. The lowest BCUT2D eigenvalue weighted by atomic mass is 10.00. The first kappa shape index (κ1) is 18.4. The van der Waals surface area contributed by atoms with Crippen LogP contribution in [0.2, 0.25) is 0 Å². The second-order valence-electron chi connectivity index (χ2n) is 6.35. The van der Waals surface area contributed by atoms with Gasteiger partial charge in [0.15, 0.2) is 5.78 Å². The van der Waals surface area contributed by atoms with Gasteiger partial charge >= 0.3 is 0 Å². The SMILES string of the molecule is CCC(=O)C1=C(c2ccc(C(C)C)cc2)N(C(=O)CC)n2cnnc2S1. The number of nitrogens with zero attached hydrogens (tertiary/aromatic N) is 4. The van der Waals surface area contributed by atoms with Gasteiger partial charge in [-0.05, 0) is 23.2 Å². The van der Waals surface area contributed by atoms with Gasteiger partial charge in [-0.2, -0.15) is 0 Å². The Labute approximate surface area is 157 Å². The van der Waals surface area contributed by atoms with Crippen molar-refractivity contribution in [2.24, 2.45) is 0 Å². The highest BCUT2D eigenvalue weighted by Gasteiger charge is 2.34. The molecule has 0 saturated heterocycles. The first-order valence-electron chi connectivity index (χ1n) is 8.76. The normalized spacial score (nSPS) is 14.0. The van der Waals surface area contributed by atoms with Crippen molar-refractivity contribution in [1.29, 1.82) is 0 Å². The largest absolute Gasteiger partial charge is 0.294 e. The zero-order valence-electron chi connectivity index (χ0n) is 15.4. The molecular weight excluding hydrogens is 348 g/mol. The molecule has 1 aliphatic heterocycles. The Morgan fingerprint density at radius 1 is 1.12 bits per heavy atom. The van der Waals surface area contributed by atoms with Gasteiger partial charge < -0.3 is 0 Å². The molecule has 2 aromatic rings. The molecule has 1 amide bonds. The molecule has 0 N–H and O–H groups in total. The van der Waals surface area contributed by atoms with Crippen LogP contribution in [0.5, 0.6) is 0 Å². The van der Waals surface area contributed by atoms with E-state index in [9.17, 15) is 9.59 Å². The highest BCUT2D eigenvalue weighted by Crippen LogP contribution is 2.39. The molecule has 1 aromatic carbocycles. The smallest absolute Gasteiger partial charge is 0.246 e. The fourth-order valence-electron chi connectivity index (χ4n) is 2.79. The summed E-state index contributed by atoms with van der Waals surface area (Å²) >= 11 is 1.27. The lowest BCUT2D eigenvalue weighted by Crippen LogP contribution is -2.41. The number of Topliss-reactive ketones (excluding diaryl/α,β-unsaturated/α-hetero) is 1. The van der Waals surface area contributed by atoms with Crippen molar-refractivity contribution in [3.05, 3.63) is 46.6 Å². The highest BCUT2D eigenvalue weighted by atomic mass is 32.2. The van der Waals surface area contributed by atoms with Crippen LogP contribution in [0.3, 0.4) is 0 Å². The molecule has 0 aliphatic carbocycles. The third-order valence-corrected chi connectivity index (χ3v) is 5.38. The van der Waals surface area contributed by atoms with Crippen LogP contribution in [-0.2, 0) is 9.59 Å². The van der Waals surface area contributed by atoms with E-state index in [2.05, 4.69) is 24.0 Å². The standard InChI is InChI=1S/C19H22N4O2S/c1-5-15(24)18-17(14-9-7-13(8-10-14)12(3)4)23(16(25)6-2)22-11-20-21-19(22)26-18/h7-12H,5-6H2,1-4H3. The van der Waals surface area contributed by atoms with Crippen LogP contribution >= 0.6 is 11.8 Å². The number of allylic oxidation sites excluding steroid dienone is 1. The molecule has 1 aromatic heterocycles. The van der Waals surface area contributed by atoms with E-state index >= 15 is 0 Å². The number of carbonyl (C=O) groups is 2. The maximum Gasteiger partial charge on any atom is 0.246 e. The molecule has 0 bridgehead atoms. The summed E-state index contributed by atoms with van der Waals surface area (Å²) in [6.45, 7) is 7.88. The molecule has 26 heavy (non-hydrogen) atoms. The number of amides is 1. The maximum atomic E-state index is 12.7. The average molecular weight is 370 g/mol. The Bertz CT molecular complexity index is 868. The van der Waals surface area contributed by atoms with E-state index in [-0.39, 0.29) is 11.7 Å².